The molecule has 168 valence electrons. The standard InChI is InChI=1S/C29H19Cl2N4/c30-28-29(31)35(16-23-14-32-24-6-1-2-7-25(24)33-23)17-34(28)15-18-12-21-10-8-19-4-3-5-20-9-11-22(13-18)27(21)26(19)20/h1-14,17H,15-16H2/q+1. The van der Waals surface area contributed by atoms with Crippen molar-refractivity contribution in [2.75, 3.05) is 0 Å². The van der Waals surface area contributed by atoms with E-state index in [1.54, 1.807) is 6.20 Å². The molecular formula is C29H19Cl2N4+. The lowest BCUT2D eigenvalue weighted by atomic mass is 9.93. The van der Waals surface area contributed by atoms with Crippen molar-refractivity contribution in [2.24, 2.45) is 0 Å². The number of benzene rings is 5. The van der Waals surface area contributed by atoms with Gasteiger partial charge < -0.3 is 0 Å². The molecule has 0 aliphatic heterocycles. The zero-order valence-electron chi connectivity index (χ0n) is 18.6. The van der Waals surface area contributed by atoms with Crippen molar-refractivity contribution in [1.82, 2.24) is 14.5 Å². The number of nitrogens with zero attached hydrogens (tertiary/aromatic N) is 4. The molecule has 0 aliphatic rings. The van der Waals surface area contributed by atoms with Crippen LogP contribution in [0.15, 0.2) is 91.4 Å². The molecule has 0 N–H and O–H groups in total. The van der Waals surface area contributed by atoms with E-state index >= 15 is 0 Å². The average molecular weight is 494 g/mol. The molecule has 0 aliphatic carbocycles. The van der Waals surface area contributed by atoms with Gasteiger partial charge >= 0.3 is 0 Å². The Balaban J connectivity index is 1.25. The first-order chi connectivity index (χ1) is 17.1. The van der Waals surface area contributed by atoms with Gasteiger partial charge in [-0.1, -0.05) is 54.6 Å². The Morgan fingerprint density at radius 1 is 0.743 bits per heavy atom. The first-order valence-corrected chi connectivity index (χ1v) is 12.2. The first-order valence-electron chi connectivity index (χ1n) is 11.4. The summed E-state index contributed by atoms with van der Waals surface area (Å²) in [4.78, 5) is 9.23. The van der Waals surface area contributed by atoms with E-state index in [-0.39, 0.29) is 0 Å². The lowest BCUT2D eigenvalue weighted by molar-refractivity contribution is -0.685. The van der Waals surface area contributed by atoms with E-state index in [0.29, 0.717) is 23.4 Å². The van der Waals surface area contributed by atoms with E-state index in [2.05, 4.69) is 59.6 Å². The minimum Gasteiger partial charge on any atom is -0.253 e. The highest BCUT2D eigenvalue weighted by Gasteiger charge is 2.22. The van der Waals surface area contributed by atoms with Gasteiger partial charge in [-0.25, -0.2) is 14.1 Å². The summed E-state index contributed by atoms with van der Waals surface area (Å²) < 4.78 is 3.89. The molecule has 0 amide bonds. The third kappa shape index (κ3) is 3.41. The molecule has 4 nitrogen and oxygen atoms in total. The summed E-state index contributed by atoms with van der Waals surface area (Å²) in [6.45, 7) is 1.11. The van der Waals surface area contributed by atoms with Crippen LogP contribution < -0.4 is 4.57 Å². The zero-order chi connectivity index (χ0) is 23.5. The van der Waals surface area contributed by atoms with E-state index in [9.17, 15) is 0 Å². The van der Waals surface area contributed by atoms with Gasteiger partial charge in [-0.3, -0.25) is 4.98 Å². The smallest absolute Gasteiger partial charge is 0.253 e. The maximum Gasteiger partial charge on any atom is 0.255 e. The van der Waals surface area contributed by atoms with Crippen LogP contribution in [0.4, 0.5) is 0 Å². The van der Waals surface area contributed by atoms with Crippen molar-refractivity contribution in [3.63, 3.8) is 0 Å². The minimum absolute atomic E-state index is 0.485. The number of fused-ring (bicyclic) bond motifs is 1. The quantitative estimate of drug-likeness (QED) is 0.195. The Kier molecular flexibility index (Phi) is 4.66. The molecular weight excluding hydrogens is 475 g/mol. The van der Waals surface area contributed by atoms with E-state index in [4.69, 9.17) is 28.2 Å². The van der Waals surface area contributed by atoms with Crippen molar-refractivity contribution < 1.29 is 4.57 Å². The van der Waals surface area contributed by atoms with Crippen LogP contribution in [0.3, 0.4) is 0 Å². The molecule has 2 heterocycles. The molecule has 0 fully saturated rings. The molecule has 7 aromatic rings. The summed E-state index contributed by atoms with van der Waals surface area (Å²) >= 11 is 13.3. The molecule has 2 aromatic heterocycles. The fourth-order valence-corrected chi connectivity index (χ4v) is 5.50. The highest BCUT2D eigenvalue weighted by Crippen LogP contribution is 2.35. The van der Waals surface area contributed by atoms with Crippen LogP contribution in [-0.4, -0.2) is 14.5 Å². The maximum absolute atomic E-state index is 6.66. The lowest BCUT2D eigenvalue weighted by Gasteiger charge is -2.12. The van der Waals surface area contributed by atoms with Gasteiger partial charge in [0, 0.05) is 0 Å². The molecule has 5 aromatic carbocycles. The second-order valence-corrected chi connectivity index (χ2v) is 9.65. The van der Waals surface area contributed by atoms with Gasteiger partial charge in [0.25, 0.3) is 10.3 Å². The molecule has 0 saturated carbocycles. The lowest BCUT2D eigenvalue weighted by Crippen LogP contribution is -2.33. The number of rotatable bonds is 4. The summed E-state index contributed by atoms with van der Waals surface area (Å²) in [5.41, 5.74) is 3.73. The predicted molar refractivity (Wildman–Crippen MR) is 143 cm³/mol. The van der Waals surface area contributed by atoms with Gasteiger partial charge in [-0.2, -0.15) is 0 Å². The van der Waals surface area contributed by atoms with Crippen molar-refractivity contribution in [3.8, 4) is 0 Å². The van der Waals surface area contributed by atoms with Gasteiger partial charge in [0.1, 0.15) is 18.8 Å². The van der Waals surface area contributed by atoms with Gasteiger partial charge in [0.05, 0.1) is 17.2 Å². The van der Waals surface area contributed by atoms with E-state index in [0.717, 1.165) is 16.7 Å². The third-order valence-corrected chi connectivity index (χ3v) is 7.55. The van der Waals surface area contributed by atoms with Crippen molar-refractivity contribution in [1.29, 1.82) is 0 Å². The SMILES string of the molecule is Clc1c(Cl)[n+](Cc2cc3ccc4cccc5ccc(c2)c3c45)cn1Cc1cnc2ccccc2n1. The molecule has 0 saturated heterocycles. The van der Waals surface area contributed by atoms with Crippen molar-refractivity contribution >= 4 is 66.6 Å². The number of halogens is 2. The van der Waals surface area contributed by atoms with Crippen LogP contribution in [0.1, 0.15) is 11.3 Å². The Morgan fingerprint density at radius 3 is 2.14 bits per heavy atom. The average Bonchev–Trinajstić information content (AvgIpc) is 3.14. The number of para-hydroxylation sites is 2. The monoisotopic (exact) mass is 493 g/mol. The Bertz CT molecular complexity index is 1830. The largest absolute Gasteiger partial charge is 0.255 e. The van der Waals surface area contributed by atoms with Gasteiger partial charge in [0.15, 0.2) is 0 Å². The Labute approximate surface area is 211 Å². The van der Waals surface area contributed by atoms with Gasteiger partial charge in [-0.05, 0) is 85.3 Å². The van der Waals surface area contributed by atoms with Crippen molar-refractivity contribution in [2.45, 2.75) is 13.1 Å². The van der Waals surface area contributed by atoms with Crippen LogP contribution in [0.2, 0.25) is 10.3 Å². The number of imidazole rings is 1. The second-order valence-electron chi connectivity index (χ2n) is 8.93. The molecule has 0 radical (unpaired) electrons. The van der Waals surface area contributed by atoms with Crippen LogP contribution in [-0.2, 0) is 13.1 Å². The normalized spacial score (nSPS) is 11.9. The molecule has 35 heavy (non-hydrogen) atoms. The zero-order valence-corrected chi connectivity index (χ0v) is 20.1. The minimum atomic E-state index is 0.485. The van der Waals surface area contributed by atoms with E-state index < -0.39 is 0 Å². The highest BCUT2D eigenvalue weighted by atomic mass is 35.5. The fraction of sp³-hybridized carbons (Fsp3) is 0.0690. The maximum atomic E-state index is 6.66. The van der Waals surface area contributed by atoms with Crippen LogP contribution in [0.25, 0.3) is 43.4 Å². The summed E-state index contributed by atoms with van der Waals surface area (Å²) in [6.07, 6.45) is 3.74. The number of hydrogen-bond acceptors (Lipinski definition) is 2. The molecule has 0 atom stereocenters. The Hall–Kier alpha value is -3.73. The molecule has 6 heteroatoms. The fourth-order valence-electron chi connectivity index (χ4n) is 5.08. The topological polar surface area (TPSA) is 34.6 Å². The van der Waals surface area contributed by atoms with Crippen LogP contribution >= 0.6 is 23.2 Å². The highest BCUT2D eigenvalue weighted by molar-refractivity contribution is 6.39. The first kappa shape index (κ1) is 20.6. The number of hydrogen-bond donors (Lipinski definition) is 0. The summed E-state index contributed by atoms with van der Waals surface area (Å²) in [6, 6.07) is 27.6. The Morgan fingerprint density at radius 2 is 1.40 bits per heavy atom. The molecule has 0 bridgehead atoms. The second kappa shape index (κ2) is 7.91. The van der Waals surface area contributed by atoms with Gasteiger partial charge in [0.2, 0.25) is 6.33 Å². The van der Waals surface area contributed by atoms with E-state index in [1.165, 1.54) is 37.9 Å². The molecule has 7 rings (SSSR count). The molecule has 0 unspecified atom stereocenters. The summed E-state index contributed by atoms with van der Waals surface area (Å²) in [5.74, 6) is 0. The molecule has 0 spiro atoms. The predicted octanol–water partition coefficient (Wildman–Crippen LogP) is 7.02. The number of aromatic nitrogens is 4. The van der Waals surface area contributed by atoms with Crippen LogP contribution in [0.5, 0.6) is 0 Å². The van der Waals surface area contributed by atoms with Crippen LogP contribution in [0, 0.1) is 0 Å². The summed E-state index contributed by atoms with van der Waals surface area (Å²) in [7, 11) is 0. The van der Waals surface area contributed by atoms with E-state index in [1.807, 2.05) is 39.7 Å². The third-order valence-electron chi connectivity index (χ3n) is 6.66. The van der Waals surface area contributed by atoms with Crippen molar-refractivity contribution in [3.05, 3.63) is 113 Å². The van der Waals surface area contributed by atoms with Gasteiger partial charge in [-0.15, -0.1) is 0 Å². The summed E-state index contributed by atoms with van der Waals surface area (Å²) in [5, 5.41) is 8.63.